The molecule has 1 atom stereocenters. The number of hydrogen-bond donors (Lipinski definition) is 2. The van der Waals surface area contributed by atoms with E-state index < -0.39 is 12.0 Å². The third-order valence-electron chi connectivity index (χ3n) is 4.87. The molecule has 0 saturated carbocycles. The van der Waals surface area contributed by atoms with Gasteiger partial charge in [0.2, 0.25) is 0 Å². The highest BCUT2D eigenvalue weighted by atomic mass is 16.5. The SMILES string of the molecule is COC(=O)C1=C(C(C)C)NC(=O)NC1c1ccc(Oc2cc(C)ccc2C)cc1. The van der Waals surface area contributed by atoms with Gasteiger partial charge in [-0.25, -0.2) is 9.59 Å². The number of urea groups is 1. The summed E-state index contributed by atoms with van der Waals surface area (Å²) in [5.74, 6) is 0.965. The van der Waals surface area contributed by atoms with Crippen LogP contribution in [0.5, 0.6) is 11.5 Å². The molecule has 29 heavy (non-hydrogen) atoms. The van der Waals surface area contributed by atoms with Gasteiger partial charge in [0.1, 0.15) is 11.5 Å². The summed E-state index contributed by atoms with van der Waals surface area (Å²) in [7, 11) is 1.34. The van der Waals surface area contributed by atoms with Gasteiger partial charge in [-0.1, -0.05) is 38.1 Å². The third-order valence-corrected chi connectivity index (χ3v) is 4.87. The van der Waals surface area contributed by atoms with Crippen molar-refractivity contribution in [1.82, 2.24) is 10.6 Å². The summed E-state index contributed by atoms with van der Waals surface area (Å²) in [6, 6.07) is 12.5. The molecule has 1 aliphatic heterocycles. The van der Waals surface area contributed by atoms with E-state index in [0.717, 1.165) is 22.4 Å². The molecule has 2 N–H and O–H groups in total. The smallest absolute Gasteiger partial charge is 0.337 e. The second kappa shape index (κ2) is 8.39. The van der Waals surface area contributed by atoms with Crippen LogP contribution in [0.25, 0.3) is 0 Å². The number of ether oxygens (including phenoxy) is 2. The number of hydrogen-bond acceptors (Lipinski definition) is 4. The lowest BCUT2D eigenvalue weighted by Gasteiger charge is -2.30. The van der Waals surface area contributed by atoms with Gasteiger partial charge in [-0.2, -0.15) is 0 Å². The first-order valence-electron chi connectivity index (χ1n) is 9.55. The van der Waals surface area contributed by atoms with Crippen molar-refractivity contribution in [2.24, 2.45) is 5.92 Å². The number of aryl methyl sites for hydroxylation is 2. The van der Waals surface area contributed by atoms with Crippen LogP contribution in [0.15, 0.2) is 53.7 Å². The maximum absolute atomic E-state index is 12.5. The molecule has 0 aliphatic carbocycles. The van der Waals surface area contributed by atoms with Crippen molar-refractivity contribution in [3.05, 3.63) is 70.4 Å². The second-order valence-corrected chi connectivity index (χ2v) is 7.45. The maximum Gasteiger partial charge on any atom is 0.337 e. The Morgan fingerprint density at radius 3 is 2.38 bits per heavy atom. The number of methoxy groups -OCH3 is 1. The average molecular weight is 394 g/mol. The molecule has 1 heterocycles. The molecular formula is C23H26N2O4. The largest absolute Gasteiger partial charge is 0.466 e. The highest BCUT2D eigenvalue weighted by Crippen LogP contribution is 2.32. The van der Waals surface area contributed by atoms with Gasteiger partial charge >= 0.3 is 12.0 Å². The third kappa shape index (κ3) is 4.42. The van der Waals surface area contributed by atoms with Gasteiger partial charge in [0, 0.05) is 5.70 Å². The Hall–Kier alpha value is -3.28. The maximum atomic E-state index is 12.5. The molecule has 152 valence electrons. The molecule has 1 aliphatic rings. The van der Waals surface area contributed by atoms with Crippen molar-refractivity contribution in [1.29, 1.82) is 0 Å². The van der Waals surface area contributed by atoms with Crippen molar-refractivity contribution < 1.29 is 19.1 Å². The van der Waals surface area contributed by atoms with E-state index >= 15 is 0 Å². The quantitative estimate of drug-likeness (QED) is 0.731. The summed E-state index contributed by atoms with van der Waals surface area (Å²) in [4.78, 5) is 24.6. The van der Waals surface area contributed by atoms with Crippen LogP contribution in [-0.2, 0) is 9.53 Å². The Morgan fingerprint density at radius 2 is 1.76 bits per heavy atom. The molecule has 0 saturated heterocycles. The van der Waals surface area contributed by atoms with Gasteiger partial charge in [-0.05, 0) is 54.7 Å². The van der Waals surface area contributed by atoms with E-state index in [1.54, 1.807) is 0 Å². The average Bonchev–Trinajstić information content (AvgIpc) is 2.70. The minimum Gasteiger partial charge on any atom is -0.466 e. The number of nitrogens with one attached hydrogen (secondary N) is 2. The van der Waals surface area contributed by atoms with Crippen LogP contribution in [0, 0.1) is 19.8 Å². The first kappa shape index (κ1) is 20.5. The summed E-state index contributed by atoms with van der Waals surface area (Å²) in [5, 5.41) is 5.56. The lowest BCUT2D eigenvalue weighted by molar-refractivity contribution is -0.136. The van der Waals surface area contributed by atoms with E-state index in [9.17, 15) is 9.59 Å². The van der Waals surface area contributed by atoms with E-state index in [0.29, 0.717) is 17.0 Å². The van der Waals surface area contributed by atoms with Crippen LogP contribution in [0.3, 0.4) is 0 Å². The molecule has 2 aromatic rings. The minimum absolute atomic E-state index is 0.0375. The van der Waals surface area contributed by atoms with Gasteiger partial charge in [-0.15, -0.1) is 0 Å². The van der Waals surface area contributed by atoms with Crippen LogP contribution in [0.1, 0.15) is 36.6 Å². The molecule has 0 aromatic heterocycles. The second-order valence-electron chi connectivity index (χ2n) is 7.45. The van der Waals surface area contributed by atoms with E-state index in [2.05, 4.69) is 10.6 Å². The number of amides is 2. The van der Waals surface area contributed by atoms with Gasteiger partial charge in [0.15, 0.2) is 0 Å². The van der Waals surface area contributed by atoms with E-state index in [4.69, 9.17) is 9.47 Å². The van der Waals surface area contributed by atoms with Crippen molar-refractivity contribution in [3.8, 4) is 11.5 Å². The summed E-state index contributed by atoms with van der Waals surface area (Å²) in [6.07, 6.45) is 0. The molecule has 0 spiro atoms. The van der Waals surface area contributed by atoms with Crippen molar-refractivity contribution in [2.75, 3.05) is 7.11 Å². The zero-order valence-electron chi connectivity index (χ0n) is 17.3. The Morgan fingerprint density at radius 1 is 1.07 bits per heavy atom. The number of esters is 1. The summed E-state index contributed by atoms with van der Waals surface area (Å²) in [6.45, 7) is 7.85. The van der Waals surface area contributed by atoms with Crippen LogP contribution < -0.4 is 15.4 Å². The van der Waals surface area contributed by atoms with E-state index in [1.165, 1.54) is 7.11 Å². The van der Waals surface area contributed by atoms with Crippen LogP contribution >= 0.6 is 0 Å². The molecular weight excluding hydrogens is 368 g/mol. The zero-order valence-corrected chi connectivity index (χ0v) is 17.3. The van der Waals surface area contributed by atoms with Gasteiger partial charge in [0.05, 0.1) is 18.7 Å². The number of benzene rings is 2. The highest BCUT2D eigenvalue weighted by Gasteiger charge is 2.34. The van der Waals surface area contributed by atoms with Crippen LogP contribution in [0.2, 0.25) is 0 Å². The fourth-order valence-corrected chi connectivity index (χ4v) is 3.30. The number of rotatable bonds is 5. The molecule has 6 heteroatoms. The number of carbonyl (C=O) groups excluding carboxylic acids is 2. The van der Waals surface area contributed by atoms with Crippen molar-refractivity contribution in [3.63, 3.8) is 0 Å². The van der Waals surface area contributed by atoms with Crippen molar-refractivity contribution in [2.45, 2.75) is 33.7 Å². The summed E-state index contributed by atoms with van der Waals surface area (Å²) >= 11 is 0. The Bertz CT molecular complexity index is 961. The molecule has 1 unspecified atom stereocenters. The predicted molar refractivity (Wildman–Crippen MR) is 111 cm³/mol. The van der Waals surface area contributed by atoms with Gasteiger partial charge in [0.25, 0.3) is 0 Å². The first-order chi connectivity index (χ1) is 13.8. The lowest BCUT2D eigenvalue weighted by atomic mass is 9.91. The van der Waals surface area contributed by atoms with Gasteiger partial charge < -0.3 is 20.1 Å². The Balaban J connectivity index is 1.93. The Labute approximate surface area is 170 Å². The van der Waals surface area contributed by atoms with Crippen LogP contribution in [0.4, 0.5) is 4.79 Å². The topological polar surface area (TPSA) is 76.7 Å². The molecule has 2 amide bonds. The standard InChI is InChI=1S/C23H26N2O4/c1-13(2)20-19(22(26)28-5)21(25-23(27)24-20)16-8-10-17(11-9-16)29-18-12-14(3)6-7-15(18)4/h6-13,21H,1-5H3,(H2,24,25,27). The van der Waals surface area contributed by atoms with Crippen molar-refractivity contribution >= 4 is 12.0 Å². The van der Waals surface area contributed by atoms with Gasteiger partial charge in [-0.3, -0.25) is 0 Å². The van der Waals surface area contributed by atoms with E-state index in [1.807, 2.05) is 70.2 Å². The molecule has 0 radical (unpaired) electrons. The lowest BCUT2D eigenvalue weighted by Crippen LogP contribution is -2.47. The summed E-state index contributed by atoms with van der Waals surface area (Å²) in [5.41, 5.74) is 3.91. The molecule has 0 fully saturated rings. The zero-order chi connectivity index (χ0) is 21.1. The molecule has 2 aromatic carbocycles. The monoisotopic (exact) mass is 394 g/mol. The minimum atomic E-state index is -0.594. The highest BCUT2D eigenvalue weighted by molar-refractivity contribution is 5.95. The predicted octanol–water partition coefficient (Wildman–Crippen LogP) is 4.53. The Kier molecular flexibility index (Phi) is 5.92. The summed E-state index contributed by atoms with van der Waals surface area (Å²) < 4.78 is 11.0. The number of allylic oxidation sites excluding steroid dienone is 1. The molecule has 6 nitrogen and oxygen atoms in total. The molecule has 0 bridgehead atoms. The number of carbonyl (C=O) groups is 2. The van der Waals surface area contributed by atoms with E-state index in [-0.39, 0.29) is 11.9 Å². The first-order valence-corrected chi connectivity index (χ1v) is 9.55. The van der Waals surface area contributed by atoms with Crippen LogP contribution in [-0.4, -0.2) is 19.1 Å². The fourth-order valence-electron chi connectivity index (χ4n) is 3.30. The fraction of sp³-hybridized carbons (Fsp3) is 0.304. The molecule has 3 rings (SSSR count). The normalized spacial score (nSPS) is 16.3.